The quantitative estimate of drug-likeness (QED) is 0.796. The molecule has 2 aromatic carbocycles. The summed E-state index contributed by atoms with van der Waals surface area (Å²) in [6.07, 6.45) is 0. The first kappa shape index (κ1) is 18.4. The van der Waals surface area contributed by atoms with Crippen LogP contribution >= 0.6 is 23.2 Å². The van der Waals surface area contributed by atoms with Gasteiger partial charge in [0.1, 0.15) is 5.75 Å². The Morgan fingerprint density at radius 3 is 2.33 bits per heavy atom. The minimum Gasteiger partial charge on any atom is -0.484 e. The summed E-state index contributed by atoms with van der Waals surface area (Å²) in [4.78, 5) is 11.1. The van der Waals surface area contributed by atoms with Gasteiger partial charge in [0.05, 0.1) is 20.6 Å². The molecule has 128 valence electrons. The van der Waals surface area contributed by atoms with Gasteiger partial charge in [-0.25, -0.2) is 8.42 Å². The number of ether oxygens (including phenoxy) is 1. The van der Waals surface area contributed by atoms with E-state index in [0.717, 1.165) is 0 Å². The maximum Gasteiger partial charge on any atom is 0.261 e. The lowest BCUT2D eigenvalue weighted by molar-refractivity contribution is -0.122. The second-order valence-electron chi connectivity index (χ2n) is 4.67. The summed E-state index contributed by atoms with van der Waals surface area (Å²) in [5.74, 6) is 0.0973. The Morgan fingerprint density at radius 1 is 1.08 bits per heavy atom. The maximum atomic E-state index is 12.3. The van der Waals surface area contributed by atoms with Crippen LogP contribution in [0.2, 0.25) is 10.0 Å². The molecule has 2 N–H and O–H groups in total. The van der Waals surface area contributed by atoms with Crippen molar-refractivity contribution in [2.24, 2.45) is 0 Å². The number of nitrogens with one attached hydrogen (secondary N) is 2. The van der Waals surface area contributed by atoms with Crippen LogP contribution in [0.15, 0.2) is 47.4 Å². The average molecular weight is 389 g/mol. The molecule has 0 fully saturated rings. The highest BCUT2D eigenvalue weighted by molar-refractivity contribution is 7.92. The van der Waals surface area contributed by atoms with Crippen LogP contribution < -0.4 is 14.8 Å². The van der Waals surface area contributed by atoms with Crippen LogP contribution in [0.4, 0.5) is 5.69 Å². The fourth-order valence-electron chi connectivity index (χ4n) is 1.71. The van der Waals surface area contributed by atoms with E-state index in [9.17, 15) is 13.2 Å². The molecule has 0 spiro atoms. The molecule has 0 saturated heterocycles. The van der Waals surface area contributed by atoms with Crippen LogP contribution in [0.25, 0.3) is 0 Å². The van der Waals surface area contributed by atoms with Gasteiger partial charge >= 0.3 is 0 Å². The van der Waals surface area contributed by atoms with Crippen molar-refractivity contribution in [3.05, 3.63) is 52.5 Å². The first-order chi connectivity index (χ1) is 11.3. The molecule has 0 atom stereocenters. The van der Waals surface area contributed by atoms with E-state index in [-0.39, 0.29) is 22.4 Å². The molecule has 0 aliphatic rings. The van der Waals surface area contributed by atoms with Gasteiger partial charge in [-0.05, 0) is 42.5 Å². The molecular formula is C15H14Cl2N2O4S. The second kappa shape index (κ2) is 7.74. The molecule has 2 aromatic rings. The summed E-state index contributed by atoms with van der Waals surface area (Å²) in [7, 11) is -2.29. The van der Waals surface area contributed by atoms with E-state index in [2.05, 4.69) is 10.0 Å². The molecule has 0 aliphatic carbocycles. The Balaban J connectivity index is 2.11. The van der Waals surface area contributed by atoms with Gasteiger partial charge in [-0.2, -0.15) is 0 Å². The molecule has 0 aromatic heterocycles. The minimum absolute atomic E-state index is 0.0425. The summed E-state index contributed by atoms with van der Waals surface area (Å²) in [6.45, 7) is -0.149. The number of sulfonamides is 1. The lowest BCUT2D eigenvalue weighted by atomic mass is 10.3. The Kier molecular flexibility index (Phi) is 5.93. The van der Waals surface area contributed by atoms with E-state index < -0.39 is 10.0 Å². The molecule has 24 heavy (non-hydrogen) atoms. The van der Waals surface area contributed by atoms with Crippen LogP contribution in [-0.2, 0) is 14.8 Å². The van der Waals surface area contributed by atoms with Crippen molar-refractivity contribution >= 4 is 44.8 Å². The van der Waals surface area contributed by atoms with Crippen LogP contribution in [0.1, 0.15) is 0 Å². The number of rotatable bonds is 6. The standard InChI is InChI=1S/C15H14Cl2N2O4S/c1-18-15(20)9-23-11-3-5-12(6-4-11)24(21,22)19-10-2-7-13(16)14(17)8-10/h2-8,19H,9H2,1H3,(H,18,20). The SMILES string of the molecule is CNC(=O)COc1ccc(S(=O)(=O)Nc2ccc(Cl)c(Cl)c2)cc1. The van der Waals surface area contributed by atoms with Crippen molar-refractivity contribution in [2.75, 3.05) is 18.4 Å². The Hall–Kier alpha value is -1.96. The number of hydrogen-bond donors (Lipinski definition) is 2. The van der Waals surface area contributed by atoms with Crippen molar-refractivity contribution in [1.29, 1.82) is 0 Å². The van der Waals surface area contributed by atoms with E-state index >= 15 is 0 Å². The molecule has 9 heteroatoms. The molecule has 0 bridgehead atoms. The van der Waals surface area contributed by atoms with Crippen molar-refractivity contribution in [3.8, 4) is 5.75 Å². The van der Waals surface area contributed by atoms with E-state index in [4.69, 9.17) is 27.9 Å². The maximum absolute atomic E-state index is 12.3. The number of carbonyl (C=O) groups excluding carboxylic acids is 1. The number of hydrogen-bond acceptors (Lipinski definition) is 4. The fraction of sp³-hybridized carbons (Fsp3) is 0.133. The van der Waals surface area contributed by atoms with E-state index in [1.807, 2.05) is 0 Å². The number of carbonyl (C=O) groups is 1. The van der Waals surface area contributed by atoms with E-state index in [1.54, 1.807) is 0 Å². The highest BCUT2D eigenvalue weighted by Crippen LogP contribution is 2.26. The third kappa shape index (κ3) is 4.77. The lowest BCUT2D eigenvalue weighted by Crippen LogP contribution is -2.24. The zero-order valence-corrected chi connectivity index (χ0v) is 14.9. The Morgan fingerprint density at radius 2 is 1.75 bits per heavy atom. The van der Waals surface area contributed by atoms with Crippen LogP contribution in [-0.4, -0.2) is 28.0 Å². The summed E-state index contributed by atoms with van der Waals surface area (Å²) in [5.41, 5.74) is 0.296. The van der Waals surface area contributed by atoms with Gasteiger partial charge in [-0.3, -0.25) is 9.52 Å². The van der Waals surface area contributed by atoms with Crippen LogP contribution in [0, 0.1) is 0 Å². The predicted molar refractivity (Wildman–Crippen MR) is 93.3 cm³/mol. The van der Waals surface area contributed by atoms with Gasteiger partial charge in [0.25, 0.3) is 15.9 Å². The van der Waals surface area contributed by atoms with Gasteiger partial charge in [-0.1, -0.05) is 23.2 Å². The van der Waals surface area contributed by atoms with Gasteiger partial charge in [0, 0.05) is 7.05 Å². The van der Waals surface area contributed by atoms with Crippen molar-refractivity contribution < 1.29 is 17.9 Å². The number of anilines is 1. The van der Waals surface area contributed by atoms with Gasteiger partial charge in [0.15, 0.2) is 6.61 Å². The Bertz CT molecular complexity index is 839. The monoisotopic (exact) mass is 388 g/mol. The molecule has 0 saturated carbocycles. The topological polar surface area (TPSA) is 84.5 Å². The smallest absolute Gasteiger partial charge is 0.261 e. The van der Waals surface area contributed by atoms with Crippen molar-refractivity contribution in [2.45, 2.75) is 4.90 Å². The van der Waals surface area contributed by atoms with E-state index in [0.29, 0.717) is 16.5 Å². The van der Waals surface area contributed by atoms with Gasteiger partial charge < -0.3 is 10.1 Å². The minimum atomic E-state index is -3.78. The molecule has 0 aliphatic heterocycles. The highest BCUT2D eigenvalue weighted by Gasteiger charge is 2.15. The predicted octanol–water partition coefficient (Wildman–Crippen LogP) is 2.92. The molecule has 0 unspecified atom stereocenters. The normalized spacial score (nSPS) is 11.0. The summed E-state index contributed by atoms with van der Waals surface area (Å²) in [5, 5.41) is 2.99. The molecule has 0 radical (unpaired) electrons. The third-order valence-corrected chi connectivity index (χ3v) is 5.09. The number of amides is 1. The first-order valence-corrected chi connectivity index (χ1v) is 8.97. The molecule has 1 amide bonds. The number of likely N-dealkylation sites (N-methyl/N-ethyl adjacent to an activating group) is 1. The Labute approximate surface area is 149 Å². The van der Waals surface area contributed by atoms with Crippen molar-refractivity contribution in [1.82, 2.24) is 5.32 Å². The zero-order chi connectivity index (χ0) is 17.7. The number of halogens is 2. The zero-order valence-electron chi connectivity index (χ0n) is 12.5. The largest absolute Gasteiger partial charge is 0.484 e. The van der Waals surface area contributed by atoms with Crippen molar-refractivity contribution in [3.63, 3.8) is 0 Å². The summed E-state index contributed by atoms with van der Waals surface area (Å²) in [6, 6.07) is 10.1. The molecule has 0 heterocycles. The molecule has 2 rings (SSSR count). The van der Waals surface area contributed by atoms with Gasteiger partial charge in [0.2, 0.25) is 0 Å². The summed E-state index contributed by atoms with van der Waals surface area (Å²) >= 11 is 11.7. The van der Waals surface area contributed by atoms with Gasteiger partial charge in [-0.15, -0.1) is 0 Å². The van der Waals surface area contributed by atoms with E-state index in [1.165, 1.54) is 49.5 Å². The molecular weight excluding hydrogens is 375 g/mol. The second-order valence-corrected chi connectivity index (χ2v) is 7.16. The first-order valence-electron chi connectivity index (χ1n) is 6.73. The third-order valence-electron chi connectivity index (χ3n) is 2.95. The fourth-order valence-corrected chi connectivity index (χ4v) is 3.06. The number of benzene rings is 2. The van der Waals surface area contributed by atoms with Crippen LogP contribution in [0.3, 0.4) is 0 Å². The highest BCUT2D eigenvalue weighted by atomic mass is 35.5. The van der Waals surface area contributed by atoms with Crippen LogP contribution in [0.5, 0.6) is 5.75 Å². The lowest BCUT2D eigenvalue weighted by Gasteiger charge is -2.10. The summed E-state index contributed by atoms with van der Waals surface area (Å²) < 4.78 is 32.3. The average Bonchev–Trinajstić information content (AvgIpc) is 2.56. The molecule has 6 nitrogen and oxygen atoms in total.